The highest BCUT2D eigenvalue weighted by Gasteiger charge is 2.24. The summed E-state index contributed by atoms with van der Waals surface area (Å²) in [5.41, 5.74) is 0. The van der Waals surface area contributed by atoms with Gasteiger partial charge in [-0.3, -0.25) is 9.59 Å². The maximum atomic E-state index is 12.3. The molecule has 0 aromatic heterocycles. The molecule has 0 spiro atoms. The zero-order valence-electron chi connectivity index (χ0n) is 15.0. The van der Waals surface area contributed by atoms with Crippen LogP contribution in [-0.2, 0) is 9.59 Å². The van der Waals surface area contributed by atoms with Crippen LogP contribution in [0.4, 0.5) is 4.79 Å². The maximum absolute atomic E-state index is 12.3. The Balaban J connectivity index is 1.60. The lowest BCUT2D eigenvalue weighted by atomic mass is 9.86. The first-order valence-electron chi connectivity index (χ1n) is 9.58. The van der Waals surface area contributed by atoms with Crippen LogP contribution in [0.1, 0.15) is 57.8 Å². The number of aliphatic carboxylic acids is 1. The van der Waals surface area contributed by atoms with Crippen LogP contribution in [0.3, 0.4) is 0 Å². The molecule has 2 N–H and O–H groups in total. The molecule has 0 aromatic carbocycles. The Morgan fingerprint density at radius 2 is 1.56 bits per heavy atom. The number of rotatable bonds is 7. The Morgan fingerprint density at radius 1 is 0.920 bits per heavy atom. The van der Waals surface area contributed by atoms with E-state index in [1.165, 1.54) is 32.1 Å². The second kappa shape index (κ2) is 10.3. The van der Waals surface area contributed by atoms with E-state index in [0.29, 0.717) is 45.6 Å². The number of carbonyl (C=O) groups excluding carboxylic acids is 2. The quantitative estimate of drug-likeness (QED) is 0.686. The first-order chi connectivity index (χ1) is 12.1. The van der Waals surface area contributed by atoms with Gasteiger partial charge >= 0.3 is 12.0 Å². The molecule has 7 heteroatoms. The summed E-state index contributed by atoms with van der Waals surface area (Å²) in [6.07, 6.45) is 8.61. The van der Waals surface area contributed by atoms with Crippen LogP contribution in [0.25, 0.3) is 0 Å². The Morgan fingerprint density at radius 3 is 2.20 bits per heavy atom. The highest BCUT2D eigenvalue weighted by atomic mass is 16.4. The number of nitrogens with one attached hydrogen (secondary N) is 1. The van der Waals surface area contributed by atoms with E-state index in [-0.39, 0.29) is 18.4 Å². The lowest BCUT2D eigenvalue weighted by Crippen LogP contribution is -2.53. The number of urea groups is 1. The standard InChI is InChI=1S/C18H31N3O4/c22-16(9-8-15-5-2-1-3-6-15)20-11-13-21(14-12-20)18(25)19-10-4-7-17(23)24/h15H,1-14H2,(H,19,25)(H,23,24). The van der Waals surface area contributed by atoms with Gasteiger partial charge in [0.1, 0.15) is 0 Å². The molecule has 1 saturated heterocycles. The number of carboxylic acid groups (broad SMARTS) is 1. The van der Waals surface area contributed by atoms with Gasteiger partial charge in [0.15, 0.2) is 0 Å². The van der Waals surface area contributed by atoms with Crippen LogP contribution in [0, 0.1) is 5.92 Å². The summed E-state index contributed by atoms with van der Waals surface area (Å²) in [6.45, 7) is 2.63. The monoisotopic (exact) mass is 353 g/mol. The fraction of sp³-hybridized carbons (Fsp3) is 0.833. The van der Waals surface area contributed by atoms with Gasteiger partial charge in [0, 0.05) is 45.6 Å². The average Bonchev–Trinajstić information content (AvgIpc) is 2.64. The Kier molecular flexibility index (Phi) is 8.01. The topological polar surface area (TPSA) is 89.9 Å². The highest BCUT2D eigenvalue weighted by Crippen LogP contribution is 2.27. The van der Waals surface area contributed by atoms with Crippen molar-refractivity contribution in [1.29, 1.82) is 0 Å². The van der Waals surface area contributed by atoms with E-state index in [9.17, 15) is 14.4 Å². The van der Waals surface area contributed by atoms with Gasteiger partial charge in [0.2, 0.25) is 5.91 Å². The van der Waals surface area contributed by atoms with Gasteiger partial charge < -0.3 is 20.2 Å². The van der Waals surface area contributed by atoms with Crippen molar-refractivity contribution in [3.63, 3.8) is 0 Å². The van der Waals surface area contributed by atoms with Gasteiger partial charge in [0.25, 0.3) is 0 Å². The van der Waals surface area contributed by atoms with E-state index in [2.05, 4.69) is 5.32 Å². The molecule has 1 aliphatic heterocycles. The average molecular weight is 353 g/mol. The number of nitrogens with zero attached hydrogens (tertiary/aromatic N) is 2. The highest BCUT2D eigenvalue weighted by molar-refractivity contribution is 5.77. The van der Waals surface area contributed by atoms with Crippen molar-refractivity contribution in [2.75, 3.05) is 32.7 Å². The first-order valence-corrected chi connectivity index (χ1v) is 9.58. The van der Waals surface area contributed by atoms with Crippen molar-refractivity contribution in [3.05, 3.63) is 0 Å². The predicted octanol–water partition coefficient (Wildman–Crippen LogP) is 2.07. The van der Waals surface area contributed by atoms with E-state index in [1.807, 2.05) is 4.90 Å². The molecule has 7 nitrogen and oxygen atoms in total. The summed E-state index contributed by atoms with van der Waals surface area (Å²) in [7, 11) is 0. The molecule has 0 atom stereocenters. The van der Waals surface area contributed by atoms with Crippen LogP contribution in [0.15, 0.2) is 0 Å². The van der Waals surface area contributed by atoms with Crippen molar-refractivity contribution in [3.8, 4) is 0 Å². The number of hydrogen-bond acceptors (Lipinski definition) is 3. The third-order valence-corrected chi connectivity index (χ3v) is 5.25. The summed E-state index contributed by atoms with van der Waals surface area (Å²) in [4.78, 5) is 38.4. The lowest BCUT2D eigenvalue weighted by Gasteiger charge is -2.35. The zero-order chi connectivity index (χ0) is 18.1. The van der Waals surface area contributed by atoms with Crippen molar-refractivity contribution in [2.45, 2.75) is 57.8 Å². The molecule has 2 fully saturated rings. The minimum Gasteiger partial charge on any atom is -0.481 e. The number of carboxylic acids is 1. The smallest absolute Gasteiger partial charge is 0.317 e. The third kappa shape index (κ3) is 6.92. The molecule has 1 aliphatic carbocycles. The molecule has 0 radical (unpaired) electrons. The maximum Gasteiger partial charge on any atom is 0.317 e. The molecule has 1 heterocycles. The van der Waals surface area contributed by atoms with Gasteiger partial charge in [-0.15, -0.1) is 0 Å². The molecule has 25 heavy (non-hydrogen) atoms. The largest absolute Gasteiger partial charge is 0.481 e. The summed E-state index contributed by atoms with van der Waals surface area (Å²) in [5.74, 6) is 0.0808. The second-order valence-electron chi connectivity index (χ2n) is 7.14. The zero-order valence-corrected chi connectivity index (χ0v) is 15.0. The number of hydrogen-bond donors (Lipinski definition) is 2. The van der Waals surface area contributed by atoms with E-state index < -0.39 is 5.97 Å². The van der Waals surface area contributed by atoms with Crippen molar-refractivity contribution in [2.24, 2.45) is 5.92 Å². The molecule has 0 bridgehead atoms. The van der Waals surface area contributed by atoms with Gasteiger partial charge in [-0.2, -0.15) is 0 Å². The SMILES string of the molecule is O=C(O)CCCNC(=O)N1CCN(C(=O)CCC2CCCCC2)CC1. The van der Waals surface area contributed by atoms with Crippen LogP contribution in [-0.4, -0.2) is 65.5 Å². The third-order valence-electron chi connectivity index (χ3n) is 5.25. The van der Waals surface area contributed by atoms with Crippen LogP contribution < -0.4 is 5.32 Å². The molecule has 0 aromatic rings. The minimum atomic E-state index is -0.852. The van der Waals surface area contributed by atoms with Gasteiger partial charge in [-0.05, 0) is 18.8 Å². The number of carbonyl (C=O) groups is 3. The molecule has 2 aliphatic rings. The minimum absolute atomic E-state index is 0.0591. The van der Waals surface area contributed by atoms with E-state index >= 15 is 0 Å². The number of piperazine rings is 1. The van der Waals surface area contributed by atoms with Crippen LogP contribution in [0.2, 0.25) is 0 Å². The molecular weight excluding hydrogens is 322 g/mol. The molecule has 0 unspecified atom stereocenters. The van der Waals surface area contributed by atoms with E-state index in [0.717, 1.165) is 12.3 Å². The number of amides is 3. The fourth-order valence-electron chi connectivity index (χ4n) is 3.67. The van der Waals surface area contributed by atoms with Gasteiger partial charge in [0.05, 0.1) is 0 Å². The van der Waals surface area contributed by atoms with Crippen molar-refractivity contribution >= 4 is 17.9 Å². The molecule has 3 amide bonds. The van der Waals surface area contributed by atoms with Gasteiger partial charge in [-0.25, -0.2) is 4.79 Å². The summed E-state index contributed by atoms with van der Waals surface area (Å²) >= 11 is 0. The van der Waals surface area contributed by atoms with E-state index in [1.54, 1.807) is 4.90 Å². The summed E-state index contributed by atoms with van der Waals surface area (Å²) in [5, 5.41) is 11.3. The lowest BCUT2D eigenvalue weighted by molar-refractivity contribution is -0.137. The fourth-order valence-corrected chi connectivity index (χ4v) is 3.67. The first kappa shape index (κ1) is 19.5. The summed E-state index contributed by atoms with van der Waals surface area (Å²) < 4.78 is 0. The normalized spacial score (nSPS) is 18.9. The summed E-state index contributed by atoms with van der Waals surface area (Å²) in [6, 6.07) is -0.167. The van der Waals surface area contributed by atoms with Crippen LogP contribution >= 0.6 is 0 Å². The van der Waals surface area contributed by atoms with E-state index in [4.69, 9.17) is 5.11 Å². The van der Waals surface area contributed by atoms with Crippen molar-refractivity contribution < 1.29 is 19.5 Å². The van der Waals surface area contributed by atoms with Crippen molar-refractivity contribution in [1.82, 2.24) is 15.1 Å². The second-order valence-corrected chi connectivity index (χ2v) is 7.14. The molecule has 142 valence electrons. The van der Waals surface area contributed by atoms with Gasteiger partial charge in [-0.1, -0.05) is 32.1 Å². The molecule has 1 saturated carbocycles. The predicted molar refractivity (Wildman–Crippen MR) is 94.2 cm³/mol. The van der Waals surface area contributed by atoms with Crippen LogP contribution in [0.5, 0.6) is 0 Å². The Labute approximate surface area is 149 Å². The Bertz CT molecular complexity index is 455. The molecule has 2 rings (SSSR count). The Hall–Kier alpha value is -1.79. The molecular formula is C18H31N3O4.